The standard InChI is InChI=1S/C44H92N2O/c1-45(2)41-37-33-29-25-21-17-13-9-5-7-11-15-19-23-27-31-35-39-43-47-44-40-36-32-28-24-20-16-12-8-6-10-14-18-22-26-30-34-38-42-46(3)4/h5-44H2,1-4H3. The average molecular weight is 665 g/mol. The second-order valence-electron chi connectivity index (χ2n) is 15.9. The van der Waals surface area contributed by atoms with Crippen molar-refractivity contribution in [2.24, 2.45) is 0 Å². The van der Waals surface area contributed by atoms with Crippen LogP contribution in [0.1, 0.15) is 231 Å². The highest BCUT2D eigenvalue weighted by Crippen LogP contribution is 2.16. The molecule has 0 fully saturated rings. The summed E-state index contributed by atoms with van der Waals surface area (Å²) in [4.78, 5) is 4.61. The van der Waals surface area contributed by atoms with E-state index < -0.39 is 0 Å². The van der Waals surface area contributed by atoms with Crippen molar-refractivity contribution in [2.45, 2.75) is 231 Å². The normalized spacial score (nSPS) is 11.9. The lowest BCUT2D eigenvalue weighted by atomic mass is 10.0. The summed E-state index contributed by atoms with van der Waals surface area (Å²) < 4.78 is 5.91. The van der Waals surface area contributed by atoms with Gasteiger partial charge in [-0.15, -0.1) is 0 Å². The Balaban J connectivity index is 3.05. The molecule has 0 heterocycles. The minimum Gasteiger partial charge on any atom is -0.381 e. The number of ether oxygens (including phenoxy) is 1. The minimum absolute atomic E-state index is 0.994. The van der Waals surface area contributed by atoms with Crippen LogP contribution in [-0.4, -0.2) is 64.3 Å². The molecule has 0 aliphatic rings. The summed E-state index contributed by atoms with van der Waals surface area (Å²) >= 11 is 0. The molecule has 0 aliphatic heterocycles. The van der Waals surface area contributed by atoms with Gasteiger partial charge >= 0.3 is 0 Å². The van der Waals surface area contributed by atoms with E-state index in [0.29, 0.717) is 0 Å². The minimum atomic E-state index is 0.994. The smallest absolute Gasteiger partial charge is 0.0466 e. The Hall–Kier alpha value is -0.120. The molecule has 0 aromatic carbocycles. The molecule has 3 heteroatoms. The zero-order chi connectivity index (χ0) is 34.1. The molecule has 3 nitrogen and oxygen atoms in total. The lowest BCUT2D eigenvalue weighted by Gasteiger charge is -2.08. The fourth-order valence-electron chi connectivity index (χ4n) is 7.02. The zero-order valence-corrected chi connectivity index (χ0v) is 33.6. The second kappa shape index (κ2) is 42.0. The summed E-state index contributed by atoms with van der Waals surface area (Å²) in [6, 6.07) is 0. The highest BCUT2D eigenvalue weighted by molar-refractivity contribution is 4.54. The topological polar surface area (TPSA) is 15.7 Å². The Labute approximate surface area is 299 Å². The quantitative estimate of drug-likeness (QED) is 0.0604. The number of rotatable bonds is 42. The fraction of sp³-hybridized carbons (Fsp3) is 1.00. The van der Waals surface area contributed by atoms with Crippen molar-refractivity contribution in [3.8, 4) is 0 Å². The van der Waals surface area contributed by atoms with Gasteiger partial charge in [0.1, 0.15) is 0 Å². The molecule has 0 atom stereocenters. The van der Waals surface area contributed by atoms with Crippen LogP contribution in [0.25, 0.3) is 0 Å². The van der Waals surface area contributed by atoms with Crippen LogP contribution in [0.4, 0.5) is 0 Å². The van der Waals surface area contributed by atoms with Crippen molar-refractivity contribution >= 4 is 0 Å². The number of nitrogens with zero attached hydrogens (tertiary/aromatic N) is 2. The summed E-state index contributed by atoms with van der Waals surface area (Å²) in [6.07, 6.45) is 51.7. The maximum atomic E-state index is 5.91. The van der Waals surface area contributed by atoms with Crippen LogP contribution in [0.2, 0.25) is 0 Å². The Morgan fingerprint density at radius 3 is 0.532 bits per heavy atom. The average Bonchev–Trinajstić information content (AvgIpc) is 3.05. The Morgan fingerprint density at radius 1 is 0.213 bits per heavy atom. The molecule has 0 amide bonds. The third-order valence-electron chi connectivity index (χ3n) is 10.3. The van der Waals surface area contributed by atoms with E-state index in [4.69, 9.17) is 4.74 Å². The van der Waals surface area contributed by atoms with Gasteiger partial charge in [-0.1, -0.05) is 205 Å². The van der Waals surface area contributed by atoms with Gasteiger partial charge in [-0.2, -0.15) is 0 Å². The van der Waals surface area contributed by atoms with E-state index in [1.54, 1.807) is 0 Å². The summed E-state index contributed by atoms with van der Waals surface area (Å²) in [5.74, 6) is 0. The Morgan fingerprint density at radius 2 is 0.362 bits per heavy atom. The highest BCUT2D eigenvalue weighted by atomic mass is 16.5. The third kappa shape index (κ3) is 45.9. The van der Waals surface area contributed by atoms with Crippen LogP contribution in [0, 0.1) is 0 Å². The third-order valence-corrected chi connectivity index (χ3v) is 10.3. The van der Waals surface area contributed by atoms with E-state index in [1.165, 1.54) is 244 Å². The first kappa shape index (κ1) is 46.9. The molecule has 0 aromatic rings. The van der Waals surface area contributed by atoms with E-state index in [2.05, 4.69) is 38.0 Å². The van der Waals surface area contributed by atoms with E-state index in [1.807, 2.05) is 0 Å². The van der Waals surface area contributed by atoms with Gasteiger partial charge in [0.25, 0.3) is 0 Å². The molecule has 0 unspecified atom stereocenters. The first-order valence-electron chi connectivity index (χ1n) is 22.0. The molecular formula is C44H92N2O. The van der Waals surface area contributed by atoms with Gasteiger partial charge < -0.3 is 14.5 Å². The summed E-state index contributed by atoms with van der Waals surface area (Å²) in [7, 11) is 8.73. The lowest BCUT2D eigenvalue weighted by molar-refractivity contribution is 0.125. The molecular weight excluding hydrogens is 572 g/mol. The zero-order valence-electron chi connectivity index (χ0n) is 33.6. The fourth-order valence-corrected chi connectivity index (χ4v) is 7.02. The van der Waals surface area contributed by atoms with Crippen LogP contribution < -0.4 is 0 Å². The number of hydrogen-bond donors (Lipinski definition) is 0. The summed E-state index contributed by atoms with van der Waals surface area (Å²) in [6.45, 7) is 4.51. The first-order valence-corrected chi connectivity index (χ1v) is 22.0. The molecule has 47 heavy (non-hydrogen) atoms. The number of hydrogen-bond acceptors (Lipinski definition) is 3. The van der Waals surface area contributed by atoms with Gasteiger partial charge in [0, 0.05) is 13.2 Å². The van der Waals surface area contributed by atoms with Gasteiger partial charge in [-0.3, -0.25) is 0 Å². The van der Waals surface area contributed by atoms with Crippen LogP contribution in [-0.2, 0) is 4.74 Å². The Bertz CT molecular complexity index is 491. The monoisotopic (exact) mass is 665 g/mol. The first-order chi connectivity index (χ1) is 23.1. The molecule has 0 saturated carbocycles. The lowest BCUT2D eigenvalue weighted by Crippen LogP contribution is -2.12. The molecule has 0 saturated heterocycles. The van der Waals surface area contributed by atoms with Crippen molar-refractivity contribution in [1.82, 2.24) is 9.80 Å². The van der Waals surface area contributed by atoms with Gasteiger partial charge in [0.15, 0.2) is 0 Å². The van der Waals surface area contributed by atoms with E-state index in [0.717, 1.165) is 13.2 Å². The van der Waals surface area contributed by atoms with E-state index in [9.17, 15) is 0 Å². The predicted octanol–water partition coefficient (Wildman–Crippen LogP) is 14.2. The van der Waals surface area contributed by atoms with Crippen LogP contribution in [0.5, 0.6) is 0 Å². The second-order valence-corrected chi connectivity index (χ2v) is 15.9. The van der Waals surface area contributed by atoms with Crippen molar-refractivity contribution in [3.63, 3.8) is 0 Å². The molecule has 0 aromatic heterocycles. The maximum absolute atomic E-state index is 5.91. The predicted molar refractivity (Wildman–Crippen MR) is 214 cm³/mol. The molecule has 0 N–H and O–H groups in total. The van der Waals surface area contributed by atoms with Crippen LogP contribution >= 0.6 is 0 Å². The molecule has 0 bridgehead atoms. The SMILES string of the molecule is CN(C)CCCCCCCCCCCCCCCCCCCCOCCCCCCCCCCCCCCCCCCCCN(C)C. The van der Waals surface area contributed by atoms with Crippen molar-refractivity contribution in [1.29, 1.82) is 0 Å². The maximum Gasteiger partial charge on any atom is 0.0466 e. The molecule has 0 aliphatic carbocycles. The van der Waals surface area contributed by atoms with Crippen molar-refractivity contribution in [3.05, 3.63) is 0 Å². The summed E-state index contributed by atoms with van der Waals surface area (Å²) in [5, 5.41) is 0. The van der Waals surface area contributed by atoms with E-state index in [-0.39, 0.29) is 0 Å². The van der Waals surface area contributed by atoms with Crippen LogP contribution in [0.15, 0.2) is 0 Å². The van der Waals surface area contributed by atoms with Gasteiger partial charge in [-0.05, 0) is 67.0 Å². The summed E-state index contributed by atoms with van der Waals surface area (Å²) in [5.41, 5.74) is 0. The van der Waals surface area contributed by atoms with Gasteiger partial charge in [-0.25, -0.2) is 0 Å². The highest BCUT2D eigenvalue weighted by Gasteiger charge is 1.98. The molecule has 0 radical (unpaired) electrons. The van der Waals surface area contributed by atoms with Crippen LogP contribution in [0.3, 0.4) is 0 Å². The number of unbranched alkanes of at least 4 members (excludes halogenated alkanes) is 34. The largest absolute Gasteiger partial charge is 0.381 e. The van der Waals surface area contributed by atoms with Crippen molar-refractivity contribution in [2.75, 3.05) is 54.5 Å². The molecule has 284 valence electrons. The molecule has 0 rings (SSSR count). The van der Waals surface area contributed by atoms with Gasteiger partial charge in [0.05, 0.1) is 0 Å². The molecule has 0 spiro atoms. The van der Waals surface area contributed by atoms with Crippen molar-refractivity contribution < 1.29 is 4.74 Å². The van der Waals surface area contributed by atoms with E-state index >= 15 is 0 Å². The van der Waals surface area contributed by atoms with Gasteiger partial charge in [0.2, 0.25) is 0 Å². The Kier molecular flexibility index (Phi) is 41.9.